The van der Waals surface area contributed by atoms with E-state index in [1.54, 1.807) is 0 Å². The highest BCUT2D eigenvalue weighted by atomic mass is 15.1. The molecule has 0 atom stereocenters. The normalized spacial score (nSPS) is 11.3. The molecule has 0 aliphatic carbocycles. The fourth-order valence-electron chi connectivity index (χ4n) is 0.660. The van der Waals surface area contributed by atoms with Crippen LogP contribution in [-0.2, 0) is 0 Å². The molecule has 0 rings (SSSR count). The smallest absolute Gasteiger partial charge is 0.0957 e. The van der Waals surface area contributed by atoms with E-state index < -0.39 is 0 Å². The van der Waals surface area contributed by atoms with E-state index >= 15 is 0 Å². The van der Waals surface area contributed by atoms with Crippen LogP contribution in [0.3, 0.4) is 0 Å². The average Bonchev–Trinajstić information content (AvgIpc) is 1.60. The second-order valence-electron chi connectivity index (χ2n) is 4.08. The third-order valence-corrected chi connectivity index (χ3v) is 1.24. The molecule has 0 aromatic rings. The summed E-state index contributed by atoms with van der Waals surface area (Å²) in [5, 5.41) is 7.52. The van der Waals surface area contributed by atoms with E-state index in [2.05, 4.69) is 20.8 Å². The Labute approximate surface area is 63.7 Å². The fraction of sp³-hybridized carbons (Fsp3) is 0.875. The molecule has 0 spiro atoms. The van der Waals surface area contributed by atoms with Crippen LogP contribution in [0.2, 0.25) is 0 Å². The van der Waals surface area contributed by atoms with Crippen molar-refractivity contribution in [3.63, 3.8) is 0 Å². The van der Waals surface area contributed by atoms with E-state index in [0.29, 0.717) is 5.84 Å². The Kier molecular flexibility index (Phi) is 2.88. The van der Waals surface area contributed by atoms with Gasteiger partial charge in [0, 0.05) is 20.5 Å². The predicted octanol–water partition coefficient (Wildman–Crippen LogP) is 1.96. The molecule has 0 aliphatic rings. The molecule has 0 fully saturated rings. The van der Waals surface area contributed by atoms with Gasteiger partial charge in [0.1, 0.15) is 0 Å². The van der Waals surface area contributed by atoms with Crippen LogP contribution in [0.15, 0.2) is 0 Å². The van der Waals surface area contributed by atoms with Crippen LogP contribution in [0.4, 0.5) is 0 Å². The van der Waals surface area contributed by atoms with Gasteiger partial charge in [-0.1, -0.05) is 20.8 Å². The number of hydrogen-bond donors (Lipinski definition) is 1. The molecule has 0 aliphatic heterocycles. The van der Waals surface area contributed by atoms with E-state index in [0.717, 1.165) is 6.42 Å². The average molecular weight is 142 g/mol. The van der Waals surface area contributed by atoms with Crippen LogP contribution in [0.5, 0.6) is 0 Å². The van der Waals surface area contributed by atoms with Crippen molar-refractivity contribution in [1.82, 2.24) is 4.90 Å². The van der Waals surface area contributed by atoms with Crippen molar-refractivity contribution in [3.8, 4) is 0 Å². The highest BCUT2D eigenvalue weighted by molar-refractivity contribution is 5.79. The monoisotopic (exact) mass is 142 g/mol. The molecule has 0 radical (unpaired) electrons. The van der Waals surface area contributed by atoms with Crippen molar-refractivity contribution in [2.75, 3.05) is 14.1 Å². The first-order valence-corrected chi connectivity index (χ1v) is 3.58. The van der Waals surface area contributed by atoms with Crippen molar-refractivity contribution < 1.29 is 0 Å². The Morgan fingerprint density at radius 3 is 1.80 bits per heavy atom. The SMILES string of the molecule is CN(C)C(=N)CC(C)(C)C. The summed E-state index contributed by atoms with van der Waals surface area (Å²) < 4.78 is 0. The molecule has 0 amide bonds. The lowest BCUT2D eigenvalue weighted by Gasteiger charge is -2.22. The van der Waals surface area contributed by atoms with Gasteiger partial charge in [0.15, 0.2) is 0 Å². The van der Waals surface area contributed by atoms with Gasteiger partial charge in [0.2, 0.25) is 0 Å². The van der Waals surface area contributed by atoms with Gasteiger partial charge in [-0.2, -0.15) is 0 Å². The van der Waals surface area contributed by atoms with Crippen molar-refractivity contribution in [2.45, 2.75) is 27.2 Å². The zero-order chi connectivity index (χ0) is 8.36. The minimum absolute atomic E-state index is 0.237. The van der Waals surface area contributed by atoms with Crippen molar-refractivity contribution >= 4 is 5.84 Å². The molecule has 0 aromatic heterocycles. The quantitative estimate of drug-likeness (QED) is 0.440. The Bertz CT molecular complexity index is 120. The van der Waals surface area contributed by atoms with Crippen molar-refractivity contribution in [2.24, 2.45) is 5.41 Å². The second-order valence-corrected chi connectivity index (χ2v) is 4.08. The van der Waals surface area contributed by atoms with Gasteiger partial charge in [-0.05, 0) is 5.41 Å². The molecular formula is C8H18N2. The molecule has 0 heterocycles. The van der Waals surface area contributed by atoms with Crippen LogP contribution in [-0.4, -0.2) is 24.8 Å². The number of rotatable bonds is 1. The molecule has 0 saturated heterocycles. The molecule has 0 aromatic carbocycles. The minimum Gasteiger partial charge on any atom is -0.367 e. The molecular weight excluding hydrogens is 124 g/mol. The largest absolute Gasteiger partial charge is 0.367 e. The Hall–Kier alpha value is -0.530. The lowest BCUT2D eigenvalue weighted by molar-refractivity contribution is 0.411. The van der Waals surface area contributed by atoms with Gasteiger partial charge < -0.3 is 4.90 Å². The summed E-state index contributed by atoms with van der Waals surface area (Å²) in [5.74, 6) is 0.701. The van der Waals surface area contributed by atoms with E-state index in [4.69, 9.17) is 5.41 Å². The third kappa shape index (κ3) is 4.36. The Balaban J connectivity index is 3.81. The summed E-state index contributed by atoms with van der Waals surface area (Å²) in [6.45, 7) is 6.43. The van der Waals surface area contributed by atoms with E-state index in [9.17, 15) is 0 Å². The number of hydrogen-bond acceptors (Lipinski definition) is 1. The minimum atomic E-state index is 0.237. The Morgan fingerprint density at radius 2 is 1.70 bits per heavy atom. The topological polar surface area (TPSA) is 27.1 Å². The number of amidine groups is 1. The van der Waals surface area contributed by atoms with Gasteiger partial charge in [-0.15, -0.1) is 0 Å². The fourth-order valence-corrected chi connectivity index (χ4v) is 0.660. The van der Waals surface area contributed by atoms with Crippen molar-refractivity contribution in [1.29, 1.82) is 5.41 Å². The first-order valence-electron chi connectivity index (χ1n) is 3.58. The first kappa shape index (κ1) is 9.47. The van der Waals surface area contributed by atoms with E-state index in [-0.39, 0.29) is 5.41 Å². The standard InChI is InChI=1S/C8H18N2/c1-8(2,3)6-7(9)10(4)5/h9H,6H2,1-5H3. The first-order chi connectivity index (χ1) is 4.33. The predicted molar refractivity (Wildman–Crippen MR) is 45.5 cm³/mol. The van der Waals surface area contributed by atoms with Crippen LogP contribution >= 0.6 is 0 Å². The maximum Gasteiger partial charge on any atom is 0.0957 e. The summed E-state index contributed by atoms with van der Waals surface area (Å²) >= 11 is 0. The molecule has 0 unspecified atom stereocenters. The van der Waals surface area contributed by atoms with Crippen molar-refractivity contribution in [3.05, 3.63) is 0 Å². The van der Waals surface area contributed by atoms with E-state index in [1.807, 2.05) is 19.0 Å². The van der Waals surface area contributed by atoms with Gasteiger partial charge in [0.25, 0.3) is 0 Å². The zero-order valence-corrected chi connectivity index (χ0v) is 7.65. The second kappa shape index (κ2) is 3.04. The molecule has 1 N–H and O–H groups in total. The molecule has 2 heteroatoms. The van der Waals surface area contributed by atoms with Gasteiger partial charge in [-0.3, -0.25) is 5.41 Å². The van der Waals surface area contributed by atoms with Gasteiger partial charge >= 0.3 is 0 Å². The van der Waals surface area contributed by atoms with Crippen LogP contribution in [0.1, 0.15) is 27.2 Å². The number of nitrogens with one attached hydrogen (secondary N) is 1. The lowest BCUT2D eigenvalue weighted by atomic mass is 9.91. The van der Waals surface area contributed by atoms with Gasteiger partial charge in [0.05, 0.1) is 5.84 Å². The van der Waals surface area contributed by atoms with Crippen LogP contribution in [0.25, 0.3) is 0 Å². The zero-order valence-electron chi connectivity index (χ0n) is 7.65. The maximum absolute atomic E-state index is 7.52. The van der Waals surface area contributed by atoms with Crippen LogP contribution < -0.4 is 0 Å². The molecule has 2 nitrogen and oxygen atoms in total. The van der Waals surface area contributed by atoms with Crippen LogP contribution in [0, 0.1) is 10.8 Å². The lowest BCUT2D eigenvalue weighted by Crippen LogP contribution is -2.25. The third-order valence-electron chi connectivity index (χ3n) is 1.24. The summed E-state index contributed by atoms with van der Waals surface area (Å²) in [4.78, 5) is 1.85. The highest BCUT2D eigenvalue weighted by Crippen LogP contribution is 2.18. The summed E-state index contributed by atoms with van der Waals surface area (Å²) in [7, 11) is 3.82. The highest BCUT2D eigenvalue weighted by Gasteiger charge is 2.13. The summed E-state index contributed by atoms with van der Waals surface area (Å²) in [6.07, 6.45) is 0.847. The molecule has 0 bridgehead atoms. The summed E-state index contributed by atoms with van der Waals surface area (Å²) in [5.41, 5.74) is 0.237. The molecule has 60 valence electrons. The maximum atomic E-state index is 7.52. The van der Waals surface area contributed by atoms with Gasteiger partial charge in [-0.25, -0.2) is 0 Å². The molecule has 0 saturated carbocycles. The Morgan fingerprint density at radius 1 is 1.30 bits per heavy atom. The van der Waals surface area contributed by atoms with E-state index in [1.165, 1.54) is 0 Å². The number of nitrogens with zero attached hydrogens (tertiary/aromatic N) is 1. The molecule has 10 heavy (non-hydrogen) atoms. The summed E-state index contributed by atoms with van der Waals surface area (Å²) in [6, 6.07) is 0.